The summed E-state index contributed by atoms with van der Waals surface area (Å²) >= 11 is 0. The van der Waals surface area contributed by atoms with Gasteiger partial charge in [-0.1, -0.05) is 44.2 Å². The largest absolute Gasteiger partial charge is 0.507 e. The highest BCUT2D eigenvalue weighted by Gasteiger charge is 2.35. The lowest BCUT2D eigenvalue weighted by molar-refractivity contribution is 0.0977. The molecule has 0 aliphatic heterocycles. The van der Waals surface area contributed by atoms with E-state index in [2.05, 4.69) is 5.32 Å². The van der Waals surface area contributed by atoms with Gasteiger partial charge in [-0.25, -0.2) is 0 Å². The summed E-state index contributed by atoms with van der Waals surface area (Å²) in [4.78, 5) is 25.9. The molecule has 0 aromatic heterocycles. The number of benzene rings is 2. The number of carbonyl (C=O) groups is 2. The van der Waals surface area contributed by atoms with Crippen LogP contribution < -0.4 is 5.32 Å². The van der Waals surface area contributed by atoms with Crippen molar-refractivity contribution in [1.82, 2.24) is 0 Å². The number of allylic oxidation sites excluding steroid dienone is 3. The highest BCUT2D eigenvalue weighted by atomic mass is 32.2. The Balaban J connectivity index is 1.89. The van der Waals surface area contributed by atoms with Gasteiger partial charge in [0.25, 0.3) is 10.1 Å². The van der Waals surface area contributed by atoms with Crippen molar-refractivity contribution in [3.05, 3.63) is 81.4 Å². The van der Waals surface area contributed by atoms with Gasteiger partial charge >= 0.3 is 0 Å². The van der Waals surface area contributed by atoms with Crippen LogP contribution in [0, 0.1) is 5.41 Å². The van der Waals surface area contributed by atoms with Crippen molar-refractivity contribution >= 4 is 27.4 Å². The lowest BCUT2D eigenvalue weighted by atomic mass is 9.82. The smallest absolute Gasteiger partial charge is 0.292 e. The zero-order valence-electron chi connectivity index (χ0n) is 16.3. The molecule has 0 unspecified atom stereocenters. The molecule has 154 valence electrons. The molecule has 0 heterocycles. The Morgan fingerprint density at radius 3 is 2.17 bits per heavy atom. The minimum Gasteiger partial charge on any atom is -0.507 e. The molecule has 8 heteroatoms. The third-order valence-corrected chi connectivity index (χ3v) is 6.24. The maximum Gasteiger partial charge on any atom is 0.292 e. The first-order valence-corrected chi connectivity index (χ1v) is 10.6. The molecule has 4 rings (SSSR count). The molecule has 0 saturated heterocycles. The van der Waals surface area contributed by atoms with E-state index >= 15 is 0 Å². The van der Waals surface area contributed by atoms with E-state index in [1.165, 1.54) is 30.3 Å². The van der Waals surface area contributed by atoms with Crippen LogP contribution in [0.5, 0.6) is 5.75 Å². The van der Waals surface area contributed by atoms with E-state index in [1.54, 1.807) is 18.2 Å². The van der Waals surface area contributed by atoms with Crippen molar-refractivity contribution in [2.45, 2.75) is 20.3 Å². The fourth-order valence-electron chi connectivity index (χ4n) is 3.77. The normalized spacial score (nSPS) is 17.6. The van der Waals surface area contributed by atoms with Gasteiger partial charge < -0.3 is 10.4 Å². The quantitative estimate of drug-likeness (QED) is 0.432. The standard InChI is InChI=1S/C22H19NO6S/c1-22(2)10-9-14(17(11-22)30(27,28)29)23-15-7-8-16(24)19-18(15)20(25)12-5-3-4-6-13(12)21(19)26/h3-10,23-24H,11H2,1-2H3,(H,27,28,29). The Morgan fingerprint density at radius 1 is 0.967 bits per heavy atom. The molecule has 2 aromatic rings. The number of hydrogen-bond donors (Lipinski definition) is 3. The van der Waals surface area contributed by atoms with Gasteiger partial charge in [0.15, 0.2) is 11.6 Å². The highest BCUT2D eigenvalue weighted by Crippen LogP contribution is 2.40. The van der Waals surface area contributed by atoms with Gasteiger partial charge in [-0.05, 0) is 30.0 Å². The second-order valence-electron chi connectivity index (χ2n) is 8.02. The Kier molecular flexibility index (Phi) is 4.44. The average molecular weight is 425 g/mol. The van der Waals surface area contributed by atoms with Crippen LogP contribution in [0.1, 0.15) is 52.1 Å². The zero-order valence-corrected chi connectivity index (χ0v) is 17.1. The van der Waals surface area contributed by atoms with E-state index in [9.17, 15) is 27.7 Å². The summed E-state index contributed by atoms with van der Waals surface area (Å²) in [5, 5.41) is 13.2. The van der Waals surface area contributed by atoms with Gasteiger partial charge in [-0.3, -0.25) is 14.1 Å². The van der Waals surface area contributed by atoms with Crippen molar-refractivity contribution in [3.8, 4) is 5.75 Å². The fourth-order valence-corrected chi connectivity index (χ4v) is 4.72. The number of ketones is 2. The van der Waals surface area contributed by atoms with Crippen LogP contribution in [0.15, 0.2) is 59.2 Å². The van der Waals surface area contributed by atoms with Gasteiger partial charge in [0.05, 0.1) is 27.4 Å². The monoisotopic (exact) mass is 425 g/mol. The molecule has 3 N–H and O–H groups in total. The molecule has 0 spiro atoms. The van der Waals surface area contributed by atoms with E-state index in [0.29, 0.717) is 0 Å². The van der Waals surface area contributed by atoms with Crippen molar-refractivity contribution in [3.63, 3.8) is 0 Å². The van der Waals surface area contributed by atoms with Gasteiger partial charge in [-0.2, -0.15) is 8.42 Å². The summed E-state index contributed by atoms with van der Waals surface area (Å²) in [7, 11) is -4.50. The number of phenolic OH excluding ortho intramolecular Hbond substituents is 1. The molecule has 0 atom stereocenters. The molecular formula is C22H19NO6S. The first kappa shape index (κ1) is 20.1. The SMILES string of the molecule is CC1(C)C=CC(Nc2ccc(O)c3c2C(=O)c2ccccc2C3=O)=C(S(=O)(=O)O)C1. The van der Waals surface area contributed by atoms with E-state index < -0.39 is 27.1 Å². The van der Waals surface area contributed by atoms with Crippen molar-refractivity contribution < 1.29 is 27.7 Å². The molecule has 0 amide bonds. The predicted octanol–water partition coefficient (Wildman–Crippen LogP) is 3.67. The van der Waals surface area contributed by atoms with Crippen LogP contribution in [0.3, 0.4) is 0 Å². The Hall–Kier alpha value is -3.23. The highest BCUT2D eigenvalue weighted by molar-refractivity contribution is 7.89. The van der Waals surface area contributed by atoms with Crippen LogP contribution in [0.25, 0.3) is 0 Å². The molecular weight excluding hydrogens is 406 g/mol. The van der Waals surface area contributed by atoms with Crippen LogP contribution in [0.4, 0.5) is 5.69 Å². The first-order chi connectivity index (χ1) is 14.0. The number of fused-ring (bicyclic) bond motifs is 2. The number of phenols is 1. The van der Waals surface area contributed by atoms with Crippen molar-refractivity contribution in [2.24, 2.45) is 5.41 Å². The predicted molar refractivity (Wildman–Crippen MR) is 111 cm³/mol. The van der Waals surface area contributed by atoms with Gasteiger partial charge in [0.1, 0.15) is 5.75 Å². The Morgan fingerprint density at radius 2 is 1.57 bits per heavy atom. The van der Waals surface area contributed by atoms with Gasteiger partial charge in [-0.15, -0.1) is 0 Å². The summed E-state index contributed by atoms with van der Waals surface area (Å²) < 4.78 is 33.6. The lowest BCUT2D eigenvalue weighted by Crippen LogP contribution is -2.24. The molecule has 2 aliphatic rings. The number of aromatic hydroxyl groups is 1. The van der Waals surface area contributed by atoms with Gasteiger partial charge in [0, 0.05) is 11.1 Å². The van der Waals surface area contributed by atoms with Crippen LogP contribution in [-0.4, -0.2) is 29.6 Å². The van der Waals surface area contributed by atoms with E-state index in [4.69, 9.17) is 0 Å². The molecule has 2 aliphatic carbocycles. The van der Waals surface area contributed by atoms with Crippen LogP contribution in [0.2, 0.25) is 0 Å². The number of rotatable bonds is 3. The summed E-state index contributed by atoms with van der Waals surface area (Å²) in [6, 6.07) is 8.98. The summed E-state index contributed by atoms with van der Waals surface area (Å²) in [6.45, 7) is 3.65. The zero-order chi connectivity index (χ0) is 21.8. The van der Waals surface area contributed by atoms with E-state index in [1.807, 2.05) is 13.8 Å². The maximum atomic E-state index is 13.1. The third-order valence-electron chi connectivity index (χ3n) is 5.25. The first-order valence-electron chi connectivity index (χ1n) is 9.21. The fraction of sp³-hybridized carbons (Fsp3) is 0.182. The number of nitrogens with one attached hydrogen (secondary N) is 1. The minimum absolute atomic E-state index is 0.0425. The van der Waals surface area contributed by atoms with Crippen LogP contribution >= 0.6 is 0 Å². The van der Waals surface area contributed by atoms with E-state index in [-0.39, 0.29) is 50.7 Å². The lowest BCUT2D eigenvalue weighted by Gasteiger charge is -2.28. The number of carbonyl (C=O) groups excluding carboxylic acids is 2. The molecule has 0 bridgehead atoms. The number of anilines is 1. The Labute approximate surface area is 173 Å². The molecule has 2 aromatic carbocycles. The summed E-state index contributed by atoms with van der Waals surface area (Å²) in [5.74, 6) is -1.30. The summed E-state index contributed by atoms with van der Waals surface area (Å²) in [6.07, 6.45) is 3.37. The molecule has 7 nitrogen and oxygen atoms in total. The van der Waals surface area contributed by atoms with Crippen LogP contribution in [-0.2, 0) is 10.1 Å². The number of hydrogen-bond acceptors (Lipinski definition) is 6. The maximum absolute atomic E-state index is 13.1. The Bertz CT molecular complexity index is 1280. The van der Waals surface area contributed by atoms with Gasteiger partial charge in [0.2, 0.25) is 0 Å². The molecule has 0 radical (unpaired) electrons. The second kappa shape index (κ2) is 6.65. The molecule has 0 saturated carbocycles. The van der Waals surface area contributed by atoms with Crippen molar-refractivity contribution in [2.75, 3.05) is 5.32 Å². The van der Waals surface area contributed by atoms with E-state index in [0.717, 1.165) is 0 Å². The topological polar surface area (TPSA) is 121 Å². The summed E-state index contributed by atoms with van der Waals surface area (Å²) in [5.41, 5.74) is -0.0143. The average Bonchev–Trinajstić information content (AvgIpc) is 2.67. The third kappa shape index (κ3) is 3.24. The second-order valence-corrected chi connectivity index (χ2v) is 9.46. The molecule has 0 fully saturated rings. The van der Waals surface area contributed by atoms with Crippen molar-refractivity contribution in [1.29, 1.82) is 0 Å². The molecule has 30 heavy (non-hydrogen) atoms. The minimum atomic E-state index is -4.50.